The van der Waals surface area contributed by atoms with Gasteiger partial charge in [0.25, 0.3) is 0 Å². The fourth-order valence-corrected chi connectivity index (χ4v) is 4.53. The molecule has 0 aliphatic heterocycles. The minimum Gasteiger partial charge on any atom is -0.354 e. The number of anilines is 1. The van der Waals surface area contributed by atoms with Gasteiger partial charge in [0.2, 0.25) is 21.8 Å². The monoisotopic (exact) mass is 521 g/mol. The molecule has 0 aromatic heterocycles. The summed E-state index contributed by atoms with van der Waals surface area (Å²) in [6, 6.07) is 13.3. The van der Waals surface area contributed by atoms with Crippen LogP contribution < -0.4 is 9.62 Å². The van der Waals surface area contributed by atoms with Crippen molar-refractivity contribution in [3.05, 3.63) is 64.7 Å². The molecule has 1 N–H and O–H groups in total. The molecule has 0 bridgehead atoms. The molecule has 9 heteroatoms. The molecule has 1 atom stereocenters. The third-order valence-electron chi connectivity index (χ3n) is 5.68. The number of hydrogen-bond acceptors (Lipinski definition) is 4. The number of halogens is 1. The Labute approximate surface area is 214 Å². The molecule has 2 rings (SSSR count). The summed E-state index contributed by atoms with van der Waals surface area (Å²) in [6.07, 6.45) is 1.06. The van der Waals surface area contributed by atoms with Crippen LogP contribution in [0.25, 0.3) is 0 Å². The lowest BCUT2D eigenvalue weighted by Gasteiger charge is -2.32. The largest absolute Gasteiger partial charge is 0.354 e. The third kappa shape index (κ3) is 8.25. The van der Waals surface area contributed by atoms with Gasteiger partial charge in [-0.25, -0.2) is 8.42 Å². The standard InChI is InChI=1S/C26H36ClN3O4S/c1-18(2)15-28-26(32)20(5)29(16-22-9-7-8-10-24(22)27)25(31)17-30(35(6,33)34)23-13-11-21(12-14-23)19(3)4/h7-14,18-20H,15-17H2,1-6H3,(H,28,32)/t20-/m1/s1. The second-order valence-corrected chi connectivity index (χ2v) is 11.8. The lowest BCUT2D eigenvalue weighted by Crippen LogP contribution is -2.51. The van der Waals surface area contributed by atoms with E-state index in [1.165, 1.54) is 4.90 Å². The van der Waals surface area contributed by atoms with Crippen LogP contribution in [0.2, 0.25) is 5.02 Å². The van der Waals surface area contributed by atoms with Crippen molar-refractivity contribution < 1.29 is 18.0 Å². The Balaban J connectivity index is 2.38. The molecule has 0 saturated heterocycles. The van der Waals surface area contributed by atoms with Crippen LogP contribution in [0, 0.1) is 5.92 Å². The highest BCUT2D eigenvalue weighted by molar-refractivity contribution is 7.92. The second-order valence-electron chi connectivity index (χ2n) is 9.44. The van der Waals surface area contributed by atoms with E-state index in [9.17, 15) is 18.0 Å². The lowest BCUT2D eigenvalue weighted by molar-refractivity contribution is -0.139. The van der Waals surface area contributed by atoms with Crippen molar-refractivity contribution in [3.63, 3.8) is 0 Å². The van der Waals surface area contributed by atoms with Gasteiger partial charge in [-0.05, 0) is 48.1 Å². The summed E-state index contributed by atoms with van der Waals surface area (Å²) in [4.78, 5) is 27.8. The second kappa shape index (κ2) is 12.4. The van der Waals surface area contributed by atoms with Crippen LogP contribution in [0.1, 0.15) is 51.7 Å². The Bertz CT molecular complexity index is 1120. The molecule has 0 saturated carbocycles. The fourth-order valence-electron chi connectivity index (χ4n) is 3.48. The van der Waals surface area contributed by atoms with E-state index in [1.54, 1.807) is 43.3 Å². The van der Waals surface area contributed by atoms with Gasteiger partial charge >= 0.3 is 0 Å². The quantitative estimate of drug-likeness (QED) is 0.474. The maximum Gasteiger partial charge on any atom is 0.244 e. The van der Waals surface area contributed by atoms with Crippen LogP contribution >= 0.6 is 11.6 Å². The van der Waals surface area contributed by atoms with E-state index in [0.717, 1.165) is 16.1 Å². The van der Waals surface area contributed by atoms with Gasteiger partial charge in [0.05, 0.1) is 11.9 Å². The summed E-state index contributed by atoms with van der Waals surface area (Å²) < 4.78 is 26.4. The van der Waals surface area contributed by atoms with Gasteiger partial charge in [-0.1, -0.05) is 69.6 Å². The number of rotatable bonds is 11. The van der Waals surface area contributed by atoms with E-state index in [4.69, 9.17) is 11.6 Å². The van der Waals surface area contributed by atoms with Crippen LogP contribution in [0.15, 0.2) is 48.5 Å². The first-order chi connectivity index (χ1) is 16.3. The number of benzene rings is 2. The van der Waals surface area contributed by atoms with Crippen LogP contribution in [-0.2, 0) is 26.2 Å². The van der Waals surface area contributed by atoms with Crippen LogP contribution in [0.5, 0.6) is 0 Å². The molecule has 0 aliphatic carbocycles. The molecule has 0 spiro atoms. The average Bonchev–Trinajstić information content (AvgIpc) is 2.79. The summed E-state index contributed by atoms with van der Waals surface area (Å²) in [6.45, 7) is 9.78. The Morgan fingerprint density at radius 1 is 0.971 bits per heavy atom. The normalized spacial score (nSPS) is 12.5. The number of nitrogens with zero attached hydrogens (tertiary/aromatic N) is 2. The molecular weight excluding hydrogens is 486 g/mol. The third-order valence-corrected chi connectivity index (χ3v) is 7.19. The van der Waals surface area contributed by atoms with Crippen molar-refractivity contribution in [2.24, 2.45) is 5.92 Å². The van der Waals surface area contributed by atoms with Crippen molar-refractivity contribution in [2.75, 3.05) is 23.7 Å². The Hall–Kier alpha value is -2.58. The van der Waals surface area contributed by atoms with E-state index < -0.39 is 28.5 Å². The summed E-state index contributed by atoms with van der Waals surface area (Å²) in [7, 11) is -3.77. The first kappa shape index (κ1) is 28.7. The summed E-state index contributed by atoms with van der Waals surface area (Å²) in [5.41, 5.74) is 2.11. The van der Waals surface area contributed by atoms with E-state index in [1.807, 2.05) is 39.8 Å². The van der Waals surface area contributed by atoms with E-state index in [0.29, 0.717) is 22.8 Å². The first-order valence-electron chi connectivity index (χ1n) is 11.7. The molecule has 0 fully saturated rings. The predicted molar refractivity (Wildman–Crippen MR) is 142 cm³/mol. The van der Waals surface area contributed by atoms with Gasteiger partial charge in [-0.15, -0.1) is 0 Å². The lowest BCUT2D eigenvalue weighted by atomic mass is 10.0. The maximum atomic E-state index is 13.5. The van der Waals surface area contributed by atoms with Gasteiger partial charge in [0, 0.05) is 18.1 Å². The molecule has 2 amide bonds. The molecule has 35 heavy (non-hydrogen) atoms. The number of nitrogens with one attached hydrogen (secondary N) is 1. The molecule has 2 aromatic rings. The number of carbonyl (C=O) groups excluding carboxylic acids is 2. The Morgan fingerprint density at radius 3 is 2.09 bits per heavy atom. The van der Waals surface area contributed by atoms with Crippen molar-refractivity contribution in [3.8, 4) is 0 Å². The van der Waals surface area contributed by atoms with Gasteiger partial charge < -0.3 is 10.2 Å². The summed E-state index contributed by atoms with van der Waals surface area (Å²) >= 11 is 6.33. The maximum absolute atomic E-state index is 13.5. The number of hydrogen-bond donors (Lipinski definition) is 1. The number of amides is 2. The van der Waals surface area contributed by atoms with Gasteiger partial charge in [0.1, 0.15) is 12.6 Å². The smallest absolute Gasteiger partial charge is 0.244 e. The summed E-state index contributed by atoms with van der Waals surface area (Å²) in [5, 5.41) is 3.31. The van der Waals surface area contributed by atoms with Crippen LogP contribution in [-0.4, -0.2) is 50.5 Å². The zero-order chi connectivity index (χ0) is 26.3. The highest BCUT2D eigenvalue weighted by Gasteiger charge is 2.30. The van der Waals surface area contributed by atoms with Crippen LogP contribution in [0.4, 0.5) is 5.69 Å². The van der Waals surface area contributed by atoms with Crippen molar-refractivity contribution >= 4 is 39.1 Å². The first-order valence-corrected chi connectivity index (χ1v) is 13.9. The predicted octanol–water partition coefficient (Wildman–Crippen LogP) is 4.42. The molecule has 0 heterocycles. The molecular formula is C26H36ClN3O4S. The highest BCUT2D eigenvalue weighted by Crippen LogP contribution is 2.23. The van der Waals surface area contributed by atoms with Crippen LogP contribution in [0.3, 0.4) is 0 Å². The van der Waals surface area contributed by atoms with Crippen molar-refractivity contribution in [2.45, 2.75) is 53.1 Å². The van der Waals surface area contributed by atoms with Gasteiger partial charge in [-0.2, -0.15) is 0 Å². The minimum atomic E-state index is -3.77. The van der Waals surface area contributed by atoms with Gasteiger partial charge in [-0.3, -0.25) is 13.9 Å². The number of sulfonamides is 1. The van der Waals surface area contributed by atoms with E-state index in [2.05, 4.69) is 5.32 Å². The van der Waals surface area contributed by atoms with Crippen molar-refractivity contribution in [1.29, 1.82) is 0 Å². The zero-order valence-corrected chi connectivity index (χ0v) is 22.9. The Morgan fingerprint density at radius 2 is 1.57 bits per heavy atom. The molecule has 2 aromatic carbocycles. The SMILES string of the molecule is CC(C)CNC(=O)[C@@H](C)N(Cc1ccccc1Cl)C(=O)CN(c1ccc(C(C)C)cc1)S(C)(=O)=O. The molecule has 0 radical (unpaired) electrons. The molecule has 7 nitrogen and oxygen atoms in total. The molecule has 0 aliphatic rings. The van der Waals surface area contributed by atoms with Crippen molar-refractivity contribution in [1.82, 2.24) is 10.2 Å². The summed E-state index contributed by atoms with van der Waals surface area (Å²) in [5.74, 6) is -0.288. The highest BCUT2D eigenvalue weighted by atomic mass is 35.5. The van der Waals surface area contributed by atoms with Gasteiger partial charge in [0.15, 0.2) is 0 Å². The van der Waals surface area contributed by atoms with E-state index >= 15 is 0 Å². The molecule has 192 valence electrons. The zero-order valence-electron chi connectivity index (χ0n) is 21.3. The fraction of sp³-hybridized carbons (Fsp3) is 0.462. The molecule has 0 unspecified atom stereocenters. The minimum absolute atomic E-state index is 0.0681. The Kier molecular flexibility index (Phi) is 10.2. The van der Waals surface area contributed by atoms with E-state index in [-0.39, 0.29) is 24.3 Å². The topological polar surface area (TPSA) is 86.8 Å². The number of carbonyl (C=O) groups is 2. The average molecular weight is 522 g/mol.